The number of fused-ring (bicyclic) bond motifs is 3. The Morgan fingerprint density at radius 2 is 1.88 bits per heavy atom. The molecule has 1 aliphatic rings. The first kappa shape index (κ1) is 16.7. The van der Waals surface area contributed by atoms with Gasteiger partial charge in [0.1, 0.15) is 0 Å². The summed E-state index contributed by atoms with van der Waals surface area (Å²) in [4.78, 5) is 18.8. The van der Waals surface area contributed by atoms with Gasteiger partial charge in [-0.15, -0.1) is 11.3 Å². The summed E-state index contributed by atoms with van der Waals surface area (Å²) in [5, 5.41) is 2.88. The van der Waals surface area contributed by atoms with E-state index in [1.54, 1.807) is 40.9 Å². The number of benzene rings is 2. The first-order chi connectivity index (χ1) is 12.3. The van der Waals surface area contributed by atoms with Crippen molar-refractivity contribution in [3.8, 4) is 0 Å². The third-order valence-corrected chi connectivity index (χ3v) is 6.24. The number of sulfone groups is 1. The predicted molar refractivity (Wildman–Crippen MR) is 104 cm³/mol. The number of rotatable bonds is 3. The van der Waals surface area contributed by atoms with Crippen molar-refractivity contribution in [3.63, 3.8) is 0 Å². The lowest BCUT2D eigenvalue weighted by Crippen LogP contribution is -2.12. The van der Waals surface area contributed by atoms with E-state index in [1.165, 1.54) is 17.6 Å². The van der Waals surface area contributed by atoms with Crippen LogP contribution in [-0.2, 0) is 14.6 Å². The van der Waals surface area contributed by atoms with Crippen LogP contribution in [0, 0.1) is 0 Å². The second-order valence-corrected chi connectivity index (χ2v) is 8.93. The van der Waals surface area contributed by atoms with Gasteiger partial charge in [-0.25, -0.2) is 13.4 Å². The predicted octanol–water partition coefficient (Wildman–Crippen LogP) is 3.13. The van der Waals surface area contributed by atoms with Crippen LogP contribution in [-0.4, -0.2) is 32.6 Å². The summed E-state index contributed by atoms with van der Waals surface area (Å²) >= 11 is 1.50. The largest absolute Gasteiger partial charge is 0.350 e. The molecule has 3 aromatic rings. The van der Waals surface area contributed by atoms with Crippen LogP contribution in [0.2, 0.25) is 0 Å². The highest BCUT2D eigenvalue weighted by Gasteiger charge is 2.27. The summed E-state index contributed by atoms with van der Waals surface area (Å²) in [6.45, 7) is 0. The lowest BCUT2D eigenvalue weighted by atomic mass is 10.1. The number of hydrogen-bond donors (Lipinski definition) is 1. The van der Waals surface area contributed by atoms with Crippen molar-refractivity contribution in [2.45, 2.75) is 4.90 Å². The van der Waals surface area contributed by atoms with Gasteiger partial charge in [0.2, 0.25) is 0 Å². The average Bonchev–Trinajstić information content (AvgIpc) is 3.18. The van der Waals surface area contributed by atoms with Crippen molar-refractivity contribution in [2.75, 3.05) is 23.5 Å². The van der Waals surface area contributed by atoms with Crippen LogP contribution >= 0.6 is 11.3 Å². The number of amides is 1. The molecule has 0 unspecified atom stereocenters. The number of thiazole rings is 1. The van der Waals surface area contributed by atoms with E-state index in [0.29, 0.717) is 5.57 Å². The Labute approximate surface area is 154 Å². The maximum absolute atomic E-state index is 12.4. The zero-order chi connectivity index (χ0) is 18.5. The Morgan fingerprint density at radius 3 is 2.58 bits per heavy atom. The lowest BCUT2D eigenvalue weighted by molar-refractivity contribution is -0.110. The number of nitrogens with zero attached hydrogens (tertiary/aromatic N) is 2. The summed E-state index contributed by atoms with van der Waals surface area (Å²) in [5.74, 6) is -0.166. The van der Waals surface area contributed by atoms with Gasteiger partial charge in [0.05, 0.1) is 31.9 Å². The van der Waals surface area contributed by atoms with E-state index in [1.807, 2.05) is 19.2 Å². The molecule has 1 aromatic heterocycles. The first-order valence-electron chi connectivity index (χ1n) is 7.77. The van der Waals surface area contributed by atoms with E-state index in [0.717, 1.165) is 27.2 Å². The summed E-state index contributed by atoms with van der Waals surface area (Å²) in [6, 6.07) is 10.3. The molecule has 26 heavy (non-hydrogen) atoms. The van der Waals surface area contributed by atoms with Crippen molar-refractivity contribution in [3.05, 3.63) is 53.7 Å². The molecule has 0 fully saturated rings. The average molecular weight is 385 g/mol. The van der Waals surface area contributed by atoms with Crippen LogP contribution in [0.4, 0.5) is 11.4 Å². The van der Waals surface area contributed by atoms with Crippen molar-refractivity contribution in [2.24, 2.45) is 0 Å². The van der Waals surface area contributed by atoms with E-state index < -0.39 is 9.84 Å². The SMILES string of the molecule is CN(C=C1C(=O)Nc2ccc3ncsc3c21)c1ccc(S(C)(=O)=O)cc1. The highest BCUT2D eigenvalue weighted by molar-refractivity contribution is 7.90. The highest BCUT2D eigenvalue weighted by Crippen LogP contribution is 2.39. The molecule has 0 saturated heterocycles. The van der Waals surface area contributed by atoms with Gasteiger partial charge in [0.25, 0.3) is 5.91 Å². The second kappa shape index (κ2) is 5.93. The zero-order valence-electron chi connectivity index (χ0n) is 14.1. The maximum Gasteiger partial charge on any atom is 0.257 e. The van der Waals surface area contributed by atoms with Crippen molar-refractivity contribution >= 4 is 54.2 Å². The molecular formula is C18H15N3O3S2. The van der Waals surface area contributed by atoms with Gasteiger partial charge in [-0.2, -0.15) is 0 Å². The quantitative estimate of drug-likeness (QED) is 0.701. The van der Waals surface area contributed by atoms with E-state index >= 15 is 0 Å². The number of nitrogens with one attached hydrogen (secondary N) is 1. The minimum atomic E-state index is -3.24. The van der Waals surface area contributed by atoms with Crippen LogP contribution in [0.5, 0.6) is 0 Å². The van der Waals surface area contributed by atoms with Crippen molar-refractivity contribution in [1.29, 1.82) is 0 Å². The van der Waals surface area contributed by atoms with Gasteiger partial charge >= 0.3 is 0 Å². The topological polar surface area (TPSA) is 79.4 Å². The molecule has 2 aromatic carbocycles. The molecule has 6 nitrogen and oxygen atoms in total. The highest BCUT2D eigenvalue weighted by atomic mass is 32.2. The van der Waals surface area contributed by atoms with Crippen LogP contribution in [0.25, 0.3) is 15.8 Å². The summed E-state index contributed by atoms with van der Waals surface area (Å²) in [6.07, 6.45) is 2.93. The molecule has 4 rings (SSSR count). The van der Waals surface area contributed by atoms with E-state index in [9.17, 15) is 13.2 Å². The Balaban J connectivity index is 1.75. The van der Waals surface area contributed by atoms with Crippen LogP contribution < -0.4 is 10.2 Å². The fourth-order valence-corrected chi connectivity index (χ4v) is 4.40. The van der Waals surface area contributed by atoms with Crippen LogP contribution in [0.1, 0.15) is 5.56 Å². The van der Waals surface area contributed by atoms with Crippen LogP contribution in [0.15, 0.2) is 53.0 Å². The molecule has 132 valence electrons. The summed E-state index contributed by atoms with van der Waals surface area (Å²) in [5.41, 5.74) is 5.59. The number of carbonyl (C=O) groups is 1. The molecule has 0 aliphatic carbocycles. The van der Waals surface area contributed by atoms with Gasteiger partial charge in [-0.05, 0) is 36.4 Å². The van der Waals surface area contributed by atoms with Gasteiger partial charge < -0.3 is 10.2 Å². The molecule has 1 aliphatic heterocycles. The van der Waals surface area contributed by atoms with Crippen molar-refractivity contribution in [1.82, 2.24) is 4.98 Å². The molecule has 0 spiro atoms. The molecular weight excluding hydrogens is 370 g/mol. The Morgan fingerprint density at radius 1 is 1.15 bits per heavy atom. The number of aromatic nitrogens is 1. The number of anilines is 2. The van der Waals surface area contributed by atoms with E-state index in [4.69, 9.17) is 0 Å². The Bertz CT molecular complexity index is 1160. The Kier molecular flexibility index (Phi) is 3.82. The smallest absolute Gasteiger partial charge is 0.257 e. The third-order valence-electron chi connectivity index (χ3n) is 4.26. The standard InChI is InChI=1S/C18H15N3O3S2/c1-21(11-3-5-12(6-4-11)26(2,23)24)9-13-16-14(20-18(13)22)7-8-15-17(16)25-10-19-15/h3-10H,1-2H3,(H,20,22). The summed E-state index contributed by atoms with van der Waals surface area (Å²) < 4.78 is 24.1. The molecule has 0 radical (unpaired) electrons. The Hall–Kier alpha value is -2.71. The van der Waals surface area contributed by atoms with Gasteiger partial charge in [-0.1, -0.05) is 0 Å². The van der Waals surface area contributed by atoms with E-state index in [-0.39, 0.29) is 10.8 Å². The molecule has 0 saturated carbocycles. The normalized spacial score (nSPS) is 15.3. The second-order valence-electron chi connectivity index (χ2n) is 6.06. The van der Waals surface area contributed by atoms with Gasteiger partial charge in [0.15, 0.2) is 9.84 Å². The minimum Gasteiger partial charge on any atom is -0.350 e. The van der Waals surface area contributed by atoms with Crippen LogP contribution in [0.3, 0.4) is 0 Å². The zero-order valence-corrected chi connectivity index (χ0v) is 15.7. The number of carbonyl (C=O) groups excluding carboxylic acids is 1. The molecule has 2 heterocycles. The summed E-state index contributed by atoms with van der Waals surface area (Å²) in [7, 11) is -1.42. The molecule has 0 bridgehead atoms. The fraction of sp³-hybridized carbons (Fsp3) is 0.111. The lowest BCUT2D eigenvalue weighted by Gasteiger charge is -2.15. The van der Waals surface area contributed by atoms with E-state index in [2.05, 4.69) is 10.3 Å². The maximum atomic E-state index is 12.4. The van der Waals surface area contributed by atoms with Gasteiger partial charge in [0, 0.05) is 30.8 Å². The van der Waals surface area contributed by atoms with Gasteiger partial charge in [-0.3, -0.25) is 4.79 Å². The first-order valence-corrected chi connectivity index (χ1v) is 10.5. The molecule has 1 amide bonds. The molecule has 0 atom stereocenters. The fourth-order valence-electron chi connectivity index (χ4n) is 2.92. The molecule has 8 heteroatoms. The molecule has 1 N–H and O–H groups in total. The monoisotopic (exact) mass is 385 g/mol. The minimum absolute atomic E-state index is 0.166. The number of hydrogen-bond acceptors (Lipinski definition) is 6. The van der Waals surface area contributed by atoms with Crippen molar-refractivity contribution < 1.29 is 13.2 Å². The third kappa shape index (κ3) is 2.77.